The molecule has 0 heterocycles. The minimum Gasteiger partial charge on any atom is -0.368 e. The van der Waals surface area contributed by atoms with Crippen LogP contribution in [0.1, 0.15) is 52.9 Å². The summed E-state index contributed by atoms with van der Waals surface area (Å²) in [5.74, 6) is -0.211. The number of unbranched alkanes of at least 4 members (excludes halogenated alkanes) is 1. The first-order valence-corrected chi connectivity index (χ1v) is 6.71. The molecule has 0 aliphatic heterocycles. The Labute approximate surface area is 110 Å². The summed E-state index contributed by atoms with van der Waals surface area (Å²) in [5.41, 5.74) is 11.1. The van der Waals surface area contributed by atoms with Crippen molar-refractivity contribution in [3.63, 3.8) is 0 Å². The summed E-state index contributed by atoms with van der Waals surface area (Å²) >= 11 is 0. The number of hydrogen-bond donors (Lipinski definition) is 3. The lowest BCUT2D eigenvalue weighted by Crippen LogP contribution is -2.45. The highest BCUT2D eigenvalue weighted by atomic mass is 16.2. The molecule has 5 nitrogen and oxygen atoms in total. The van der Waals surface area contributed by atoms with E-state index in [1.54, 1.807) is 0 Å². The molecule has 0 fully saturated rings. The number of hydrogen-bond acceptors (Lipinski definition) is 3. The molecule has 0 spiro atoms. The molecule has 106 valence electrons. The van der Waals surface area contributed by atoms with E-state index in [2.05, 4.69) is 19.2 Å². The van der Waals surface area contributed by atoms with Crippen molar-refractivity contribution in [1.29, 1.82) is 0 Å². The lowest BCUT2D eigenvalue weighted by Gasteiger charge is -2.18. The monoisotopic (exact) mass is 257 g/mol. The number of amides is 2. The van der Waals surface area contributed by atoms with E-state index >= 15 is 0 Å². The van der Waals surface area contributed by atoms with Crippen molar-refractivity contribution in [2.75, 3.05) is 0 Å². The molecule has 0 aromatic rings. The van der Waals surface area contributed by atoms with Gasteiger partial charge in [0.2, 0.25) is 11.8 Å². The van der Waals surface area contributed by atoms with Crippen molar-refractivity contribution in [3.05, 3.63) is 0 Å². The Balaban J connectivity index is 4.12. The van der Waals surface area contributed by atoms with Crippen LogP contribution in [0.15, 0.2) is 0 Å². The maximum Gasteiger partial charge on any atom is 0.239 e. The van der Waals surface area contributed by atoms with Gasteiger partial charge in [-0.05, 0) is 18.8 Å². The summed E-state index contributed by atoms with van der Waals surface area (Å²) < 4.78 is 0. The third-order valence-electron chi connectivity index (χ3n) is 2.75. The van der Waals surface area contributed by atoms with Crippen molar-refractivity contribution >= 4 is 11.8 Å². The molecule has 0 unspecified atom stereocenters. The van der Waals surface area contributed by atoms with Crippen LogP contribution in [0.3, 0.4) is 0 Å². The second-order valence-corrected chi connectivity index (χ2v) is 5.26. The minimum atomic E-state index is -0.566. The molecule has 2 atom stereocenters. The number of rotatable bonds is 9. The molecule has 0 saturated carbocycles. The molecule has 0 bridgehead atoms. The second-order valence-electron chi connectivity index (χ2n) is 5.26. The fraction of sp³-hybridized carbons (Fsp3) is 0.846. The van der Waals surface area contributed by atoms with Gasteiger partial charge in [0.25, 0.3) is 0 Å². The normalized spacial score (nSPS) is 14.3. The van der Waals surface area contributed by atoms with Crippen LogP contribution in [0.5, 0.6) is 0 Å². The molecule has 0 aliphatic carbocycles. The summed E-state index contributed by atoms with van der Waals surface area (Å²) in [5, 5.41) is 2.66. The van der Waals surface area contributed by atoms with Crippen molar-refractivity contribution in [2.45, 2.75) is 65.0 Å². The van der Waals surface area contributed by atoms with E-state index in [0.717, 1.165) is 19.3 Å². The molecule has 18 heavy (non-hydrogen) atoms. The van der Waals surface area contributed by atoms with Gasteiger partial charge in [-0.3, -0.25) is 9.59 Å². The number of nitrogens with one attached hydrogen (secondary N) is 1. The highest BCUT2D eigenvalue weighted by Gasteiger charge is 2.19. The Morgan fingerprint density at radius 3 is 2.33 bits per heavy atom. The topological polar surface area (TPSA) is 98.2 Å². The molecular weight excluding hydrogens is 230 g/mol. The quantitative estimate of drug-likeness (QED) is 0.572. The Morgan fingerprint density at radius 2 is 1.89 bits per heavy atom. The lowest BCUT2D eigenvalue weighted by molar-refractivity contribution is -0.127. The minimum absolute atomic E-state index is 0.162. The summed E-state index contributed by atoms with van der Waals surface area (Å²) in [6, 6.07) is -0.728. The lowest BCUT2D eigenvalue weighted by atomic mass is 10.0. The first kappa shape index (κ1) is 16.9. The number of nitrogens with two attached hydrogens (primary N) is 2. The third kappa shape index (κ3) is 8.06. The van der Waals surface area contributed by atoms with Crippen LogP contribution in [0.4, 0.5) is 0 Å². The molecule has 0 saturated heterocycles. The Hall–Kier alpha value is -1.10. The fourth-order valence-corrected chi connectivity index (χ4v) is 1.87. The number of carbonyl (C=O) groups is 2. The van der Waals surface area contributed by atoms with Crippen molar-refractivity contribution in [1.82, 2.24) is 5.32 Å². The highest BCUT2D eigenvalue weighted by molar-refractivity contribution is 5.86. The zero-order valence-electron chi connectivity index (χ0n) is 11.7. The van der Waals surface area contributed by atoms with Gasteiger partial charge in [-0.1, -0.05) is 33.6 Å². The first-order chi connectivity index (χ1) is 8.36. The summed E-state index contributed by atoms with van der Waals surface area (Å²) in [6.07, 6.45) is 3.47. The molecule has 0 rings (SSSR count). The van der Waals surface area contributed by atoms with E-state index in [0.29, 0.717) is 12.3 Å². The predicted molar refractivity (Wildman–Crippen MR) is 72.7 cm³/mol. The van der Waals surface area contributed by atoms with Gasteiger partial charge in [0.05, 0.1) is 0 Å². The summed E-state index contributed by atoms with van der Waals surface area (Å²) in [4.78, 5) is 22.9. The highest BCUT2D eigenvalue weighted by Crippen LogP contribution is 2.06. The zero-order valence-corrected chi connectivity index (χ0v) is 11.7. The first-order valence-electron chi connectivity index (χ1n) is 6.71. The molecule has 0 aromatic heterocycles. The van der Waals surface area contributed by atoms with E-state index in [9.17, 15) is 9.59 Å². The summed E-state index contributed by atoms with van der Waals surface area (Å²) in [7, 11) is 0. The van der Waals surface area contributed by atoms with Crippen LogP contribution in [-0.4, -0.2) is 23.9 Å². The van der Waals surface area contributed by atoms with Gasteiger partial charge in [0.1, 0.15) is 6.04 Å². The van der Waals surface area contributed by atoms with Crippen molar-refractivity contribution in [2.24, 2.45) is 17.4 Å². The van der Waals surface area contributed by atoms with E-state index < -0.39 is 11.9 Å². The van der Waals surface area contributed by atoms with Crippen LogP contribution in [0.2, 0.25) is 0 Å². The van der Waals surface area contributed by atoms with Crippen LogP contribution in [0.25, 0.3) is 0 Å². The second kappa shape index (κ2) is 8.91. The van der Waals surface area contributed by atoms with Crippen molar-refractivity contribution in [3.8, 4) is 0 Å². The van der Waals surface area contributed by atoms with E-state index in [1.165, 1.54) is 0 Å². The predicted octanol–water partition coefficient (Wildman–Crippen LogP) is 0.910. The largest absolute Gasteiger partial charge is 0.368 e. The molecule has 0 aliphatic rings. The average molecular weight is 257 g/mol. The van der Waals surface area contributed by atoms with Gasteiger partial charge >= 0.3 is 0 Å². The fourth-order valence-electron chi connectivity index (χ4n) is 1.87. The van der Waals surface area contributed by atoms with Gasteiger partial charge in [-0.25, -0.2) is 0 Å². The van der Waals surface area contributed by atoms with E-state index in [1.807, 2.05) is 6.92 Å². The standard InChI is InChI=1S/C13H27N3O2/c1-4-5-6-11(13(15)18)16-12(17)8-10(14)7-9(2)3/h9-11H,4-8,14H2,1-3H3,(H2,15,18)(H,16,17)/t10-,11+/m0/s1. The number of primary amides is 1. The maximum atomic E-state index is 11.7. The van der Waals surface area contributed by atoms with Gasteiger partial charge in [-0.15, -0.1) is 0 Å². The third-order valence-corrected chi connectivity index (χ3v) is 2.75. The van der Waals surface area contributed by atoms with Crippen LogP contribution in [-0.2, 0) is 9.59 Å². The molecule has 5 heteroatoms. The van der Waals surface area contributed by atoms with Crippen LogP contribution >= 0.6 is 0 Å². The molecule has 2 amide bonds. The van der Waals surface area contributed by atoms with Gasteiger partial charge in [0, 0.05) is 12.5 Å². The molecule has 5 N–H and O–H groups in total. The average Bonchev–Trinajstić information content (AvgIpc) is 2.22. The Bertz CT molecular complexity index is 267. The smallest absolute Gasteiger partial charge is 0.239 e. The van der Waals surface area contributed by atoms with Crippen molar-refractivity contribution < 1.29 is 9.59 Å². The summed E-state index contributed by atoms with van der Waals surface area (Å²) in [6.45, 7) is 6.15. The van der Waals surface area contributed by atoms with Gasteiger partial charge in [0.15, 0.2) is 0 Å². The maximum absolute atomic E-state index is 11.7. The molecular formula is C13H27N3O2. The number of carbonyl (C=O) groups excluding carboxylic acids is 2. The van der Waals surface area contributed by atoms with E-state index in [-0.39, 0.29) is 18.4 Å². The van der Waals surface area contributed by atoms with Crippen LogP contribution in [0, 0.1) is 5.92 Å². The SMILES string of the molecule is CCCC[C@@H](NC(=O)C[C@@H](N)CC(C)C)C(N)=O. The molecule has 0 radical (unpaired) electrons. The van der Waals surface area contributed by atoms with Crippen LogP contribution < -0.4 is 16.8 Å². The zero-order chi connectivity index (χ0) is 14.1. The van der Waals surface area contributed by atoms with Gasteiger partial charge in [-0.2, -0.15) is 0 Å². The Kier molecular flexibility index (Phi) is 8.37. The Morgan fingerprint density at radius 1 is 1.28 bits per heavy atom. The molecule has 0 aromatic carbocycles. The van der Waals surface area contributed by atoms with E-state index in [4.69, 9.17) is 11.5 Å². The van der Waals surface area contributed by atoms with Gasteiger partial charge < -0.3 is 16.8 Å².